The maximum atomic E-state index is 6.54. The first-order valence-electron chi connectivity index (χ1n) is 7.69. The quantitative estimate of drug-likeness (QED) is 0.868. The molecule has 0 bridgehead atoms. The Hall–Kier alpha value is -1.13. The van der Waals surface area contributed by atoms with Crippen molar-refractivity contribution >= 4 is 0 Å². The van der Waals surface area contributed by atoms with Gasteiger partial charge >= 0.3 is 0 Å². The predicted octanol–water partition coefficient (Wildman–Crippen LogP) is 3.22. The lowest BCUT2D eigenvalue weighted by atomic mass is 9.77. The number of aromatic nitrogens is 1. The molecule has 1 fully saturated rings. The number of ether oxygens (including phenoxy) is 2. The van der Waals surface area contributed by atoms with Crippen LogP contribution in [0, 0.1) is 0 Å². The summed E-state index contributed by atoms with van der Waals surface area (Å²) < 4.78 is 11.6. The highest BCUT2D eigenvalue weighted by atomic mass is 16.5. The zero-order chi connectivity index (χ0) is 14.4. The van der Waals surface area contributed by atoms with Gasteiger partial charge in [0.25, 0.3) is 0 Å². The lowest BCUT2D eigenvalue weighted by Crippen LogP contribution is -2.45. The van der Waals surface area contributed by atoms with Gasteiger partial charge in [-0.05, 0) is 38.3 Å². The summed E-state index contributed by atoms with van der Waals surface area (Å²) in [5.41, 5.74) is 7.30. The summed E-state index contributed by atoms with van der Waals surface area (Å²) in [5, 5.41) is 0. The molecule has 112 valence electrons. The van der Waals surface area contributed by atoms with Gasteiger partial charge < -0.3 is 15.2 Å². The first-order chi connectivity index (χ1) is 9.72. The van der Waals surface area contributed by atoms with Crippen molar-refractivity contribution in [2.45, 2.75) is 57.6 Å². The molecule has 0 spiro atoms. The minimum absolute atomic E-state index is 0.143. The minimum atomic E-state index is -0.237. The van der Waals surface area contributed by atoms with Crippen molar-refractivity contribution in [2.24, 2.45) is 5.73 Å². The average Bonchev–Trinajstić information content (AvgIpc) is 2.48. The lowest BCUT2D eigenvalue weighted by Gasteiger charge is -2.41. The Bertz CT molecular complexity index is 411. The van der Waals surface area contributed by atoms with E-state index in [0.29, 0.717) is 13.2 Å². The summed E-state index contributed by atoms with van der Waals surface area (Å²) in [5.74, 6) is 0.780. The molecule has 1 aromatic rings. The van der Waals surface area contributed by atoms with Gasteiger partial charge in [0.2, 0.25) is 0 Å². The fourth-order valence-corrected chi connectivity index (χ4v) is 3.14. The van der Waals surface area contributed by atoms with E-state index in [1.807, 2.05) is 26.1 Å². The maximum absolute atomic E-state index is 6.54. The number of nitrogens with zero attached hydrogens (tertiary/aromatic N) is 1. The van der Waals surface area contributed by atoms with Gasteiger partial charge in [0.1, 0.15) is 5.75 Å². The molecule has 2 N–H and O–H groups in total. The van der Waals surface area contributed by atoms with Crippen LogP contribution in [0.15, 0.2) is 18.5 Å². The predicted molar refractivity (Wildman–Crippen MR) is 79.8 cm³/mol. The highest BCUT2D eigenvalue weighted by Crippen LogP contribution is 2.40. The van der Waals surface area contributed by atoms with Gasteiger partial charge in [-0.2, -0.15) is 0 Å². The van der Waals surface area contributed by atoms with Crippen LogP contribution in [0.2, 0.25) is 0 Å². The summed E-state index contributed by atoms with van der Waals surface area (Å²) in [7, 11) is 0. The fraction of sp³-hybridized carbons (Fsp3) is 0.688. The summed E-state index contributed by atoms with van der Waals surface area (Å²) >= 11 is 0. The molecule has 1 aliphatic carbocycles. The van der Waals surface area contributed by atoms with Gasteiger partial charge in [0, 0.05) is 12.8 Å². The highest BCUT2D eigenvalue weighted by molar-refractivity contribution is 5.28. The summed E-state index contributed by atoms with van der Waals surface area (Å²) in [6.45, 7) is 5.34. The third kappa shape index (κ3) is 3.30. The number of rotatable bonds is 6. The van der Waals surface area contributed by atoms with E-state index in [9.17, 15) is 0 Å². The van der Waals surface area contributed by atoms with Crippen molar-refractivity contribution in [3.63, 3.8) is 0 Å². The fourth-order valence-electron chi connectivity index (χ4n) is 3.14. The van der Waals surface area contributed by atoms with Crippen LogP contribution >= 0.6 is 0 Å². The Morgan fingerprint density at radius 2 is 1.95 bits per heavy atom. The Morgan fingerprint density at radius 1 is 1.20 bits per heavy atom. The third-order valence-electron chi connectivity index (χ3n) is 4.10. The molecule has 1 aliphatic rings. The normalized spacial score (nSPS) is 19.6. The van der Waals surface area contributed by atoms with Crippen molar-refractivity contribution in [3.05, 3.63) is 24.0 Å². The molecular formula is C16H26N2O2. The molecular weight excluding hydrogens is 252 g/mol. The van der Waals surface area contributed by atoms with E-state index in [2.05, 4.69) is 4.98 Å². The highest BCUT2D eigenvalue weighted by Gasteiger charge is 2.39. The van der Waals surface area contributed by atoms with Crippen LogP contribution in [0.25, 0.3) is 0 Å². The van der Waals surface area contributed by atoms with Crippen LogP contribution in [-0.4, -0.2) is 23.8 Å². The molecule has 1 atom stereocenters. The first-order valence-corrected chi connectivity index (χ1v) is 7.69. The SMILES string of the molecule is CCOc1cncc(C(N)C2(OCC)CCCCC2)c1. The molecule has 0 saturated heterocycles. The van der Waals surface area contributed by atoms with Crippen molar-refractivity contribution in [1.82, 2.24) is 4.98 Å². The van der Waals surface area contributed by atoms with Crippen molar-refractivity contribution in [3.8, 4) is 5.75 Å². The first kappa shape index (κ1) is 15.3. The molecule has 1 saturated carbocycles. The van der Waals surface area contributed by atoms with Gasteiger partial charge in [0.15, 0.2) is 0 Å². The van der Waals surface area contributed by atoms with E-state index < -0.39 is 0 Å². The minimum Gasteiger partial charge on any atom is -0.492 e. The second-order valence-electron chi connectivity index (χ2n) is 5.42. The summed E-state index contributed by atoms with van der Waals surface area (Å²) in [6, 6.07) is 1.85. The number of nitrogens with two attached hydrogens (primary N) is 1. The van der Waals surface area contributed by atoms with Crippen LogP contribution in [0.1, 0.15) is 57.6 Å². The smallest absolute Gasteiger partial charge is 0.137 e. The topological polar surface area (TPSA) is 57.4 Å². The maximum Gasteiger partial charge on any atom is 0.137 e. The van der Waals surface area contributed by atoms with E-state index in [0.717, 1.165) is 24.2 Å². The van der Waals surface area contributed by atoms with E-state index in [4.69, 9.17) is 15.2 Å². The van der Waals surface area contributed by atoms with Gasteiger partial charge in [-0.3, -0.25) is 4.98 Å². The molecule has 1 unspecified atom stereocenters. The van der Waals surface area contributed by atoms with Gasteiger partial charge in [-0.15, -0.1) is 0 Å². The van der Waals surface area contributed by atoms with Crippen molar-refractivity contribution in [1.29, 1.82) is 0 Å². The Kier molecular flexibility index (Phi) is 5.38. The molecule has 0 amide bonds. The molecule has 4 nitrogen and oxygen atoms in total. The molecule has 1 heterocycles. The Labute approximate surface area is 121 Å². The Balaban J connectivity index is 2.22. The van der Waals surface area contributed by atoms with Crippen LogP contribution in [0.4, 0.5) is 0 Å². The zero-order valence-electron chi connectivity index (χ0n) is 12.6. The zero-order valence-corrected chi connectivity index (χ0v) is 12.6. The van der Waals surface area contributed by atoms with Gasteiger partial charge in [-0.25, -0.2) is 0 Å². The lowest BCUT2D eigenvalue weighted by molar-refractivity contribution is -0.0831. The van der Waals surface area contributed by atoms with Crippen LogP contribution in [0.3, 0.4) is 0 Å². The Morgan fingerprint density at radius 3 is 2.60 bits per heavy atom. The molecule has 0 aromatic carbocycles. The van der Waals surface area contributed by atoms with E-state index in [1.54, 1.807) is 6.20 Å². The summed E-state index contributed by atoms with van der Waals surface area (Å²) in [4.78, 5) is 4.25. The molecule has 20 heavy (non-hydrogen) atoms. The third-order valence-corrected chi connectivity index (χ3v) is 4.10. The molecule has 0 radical (unpaired) electrons. The second kappa shape index (κ2) is 7.04. The average molecular weight is 278 g/mol. The van der Waals surface area contributed by atoms with E-state index >= 15 is 0 Å². The standard InChI is InChI=1S/C16H26N2O2/c1-3-19-14-10-13(11-18-12-14)15(17)16(20-4-2)8-6-5-7-9-16/h10-12,15H,3-9,17H2,1-2H3. The van der Waals surface area contributed by atoms with Crippen LogP contribution in [0.5, 0.6) is 5.75 Å². The second-order valence-corrected chi connectivity index (χ2v) is 5.42. The number of hydrogen-bond acceptors (Lipinski definition) is 4. The molecule has 1 aromatic heterocycles. The van der Waals surface area contributed by atoms with Gasteiger partial charge in [-0.1, -0.05) is 19.3 Å². The largest absolute Gasteiger partial charge is 0.492 e. The molecule has 2 rings (SSSR count). The van der Waals surface area contributed by atoms with Crippen LogP contribution < -0.4 is 10.5 Å². The van der Waals surface area contributed by atoms with Crippen molar-refractivity contribution < 1.29 is 9.47 Å². The van der Waals surface area contributed by atoms with E-state index in [1.165, 1.54) is 19.3 Å². The summed E-state index contributed by atoms with van der Waals surface area (Å²) in [6.07, 6.45) is 9.27. The van der Waals surface area contributed by atoms with E-state index in [-0.39, 0.29) is 11.6 Å². The molecule has 0 aliphatic heterocycles. The number of hydrogen-bond donors (Lipinski definition) is 1. The van der Waals surface area contributed by atoms with Crippen LogP contribution in [-0.2, 0) is 4.74 Å². The van der Waals surface area contributed by atoms with Crippen molar-refractivity contribution in [2.75, 3.05) is 13.2 Å². The number of pyridine rings is 1. The van der Waals surface area contributed by atoms with Gasteiger partial charge in [0.05, 0.1) is 24.4 Å². The molecule has 4 heteroatoms. The monoisotopic (exact) mass is 278 g/mol.